The molecule has 1 fully saturated rings. The fourth-order valence-corrected chi connectivity index (χ4v) is 3.66. The van der Waals surface area contributed by atoms with Crippen LogP contribution in [0.1, 0.15) is 34.3 Å². The normalized spacial score (nSPS) is 18.7. The summed E-state index contributed by atoms with van der Waals surface area (Å²) in [6, 6.07) is 12.5. The smallest absolute Gasteiger partial charge is 0.259 e. The average Bonchev–Trinajstić information content (AvgIpc) is 3.05. The van der Waals surface area contributed by atoms with Crippen LogP contribution in [0.5, 0.6) is 11.5 Å². The Hall–Kier alpha value is -3.35. The van der Waals surface area contributed by atoms with Crippen molar-refractivity contribution in [2.45, 2.75) is 32.0 Å². The van der Waals surface area contributed by atoms with Crippen molar-refractivity contribution in [2.75, 3.05) is 7.11 Å². The van der Waals surface area contributed by atoms with E-state index in [1.54, 1.807) is 12.1 Å². The van der Waals surface area contributed by atoms with Gasteiger partial charge in [0.2, 0.25) is 11.8 Å². The molecule has 1 unspecified atom stereocenters. The van der Waals surface area contributed by atoms with Gasteiger partial charge in [0.1, 0.15) is 24.1 Å². The summed E-state index contributed by atoms with van der Waals surface area (Å²) >= 11 is 0. The van der Waals surface area contributed by atoms with Crippen molar-refractivity contribution in [3.05, 3.63) is 59.2 Å². The van der Waals surface area contributed by atoms with E-state index in [2.05, 4.69) is 5.32 Å². The zero-order valence-corrected chi connectivity index (χ0v) is 15.4. The Labute approximate surface area is 162 Å². The van der Waals surface area contributed by atoms with Gasteiger partial charge in [-0.3, -0.25) is 19.7 Å². The summed E-state index contributed by atoms with van der Waals surface area (Å²) < 4.78 is 11.3. The molecule has 1 saturated heterocycles. The molecule has 3 amide bonds. The van der Waals surface area contributed by atoms with Crippen LogP contribution in [0.15, 0.2) is 42.5 Å². The first kappa shape index (κ1) is 18.0. The summed E-state index contributed by atoms with van der Waals surface area (Å²) in [5, 5.41) is 2.31. The van der Waals surface area contributed by atoms with E-state index >= 15 is 0 Å². The van der Waals surface area contributed by atoms with Crippen molar-refractivity contribution in [3.63, 3.8) is 0 Å². The lowest BCUT2D eigenvalue weighted by atomic mass is 10.0. The highest BCUT2D eigenvalue weighted by atomic mass is 16.5. The molecule has 2 heterocycles. The first-order valence-electron chi connectivity index (χ1n) is 9.09. The van der Waals surface area contributed by atoms with Crippen LogP contribution in [0, 0.1) is 0 Å². The van der Waals surface area contributed by atoms with Crippen LogP contribution < -0.4 is 14.8 Å². The molecular formula is C21H20N2O5. The van der Waals surface area contributed by atoms with Crippen molar-refractivity contribution in [1.29, 1.82) is 0 Å². The second-order valence-electron chi connectivity index (χ2n) is 6.79. The van der Waals surface area contributed by atoms with E-state index in [4.69, 9.17) is 9.47 Å². The number of carbonyl (C=O) groups excluding carboxylic acids is 3. The SMILES string of the molecule is COc1ccc(OCc2ccccc2)c2c1C(=O)N(C1CCC(=O)NC1=O)C2. The van der Waals surface area contributed by atoms with Crippen molar-refractivity contribution in [3.8, 4) is 11.5 Å². The largest absolute Gasteiger partial charge is 0.496 e. The molecule has 0 aromatic heterocycles. The maximum absolute atomic E-state index is 13.1. The number of imide groups is 1. The molecule has 2 aliphatic heterocycles. The maximum Gasteiger partial charge on any atom is 0.259 e. The standard InChI is InChI=1S/C21H20N2O5/c1-27-17-9-8-16(28-12-13-5-3-2-4-6-13)14-11-23(21(26)19(14)17)15-7-10-18(24)22-20(15)25/h2-6,8-9,15H,7,10-12H2,1H3,(H,22,24,25). The Balaban J connectivity index is 1.62. The van der Waals surface area contributed by atoms with Crippen LogP contribution in [0.4, 0.5) is 0 Å². The molecule has 1 N–H and O–H groups in total. The van der Waals surface area contributed by atoms with Gasteiger partial charge in [0.15, 0.2) is 0 Å². The number of hydrogen-bond acceptors (Lipinski definition) is 5. The first-order chi connectivity index (χ1) is 13.6. The Morgan fingerprint density at radius 1 is 1.07 bits per heavy atom. The minimum Gasteiger partial charge on any atom is -0.496 e. The summed E-state index contributed by atoms with van der Waals surface area (Å²) in [6.45, 7) is 0.605. The van der Waals surface area contributed by atoms with Crippen LogP contribution in [0.25, 0.3) is 0 Å². The fourth-order valence-electron chi connectivity index (χ4n) is 3.66. The number of amides is 3. The van der Waals surface area contributed by atoms with Gasteiger partial charge in [-0.15, -0.1) is 0 Å². The van der Waals surface area contributed by atoms with Crippen molar-refractivity contribution in [1.82, 2.24) is 10.2 Å². The van der Waals surface area contributed by atoms with Gasteiger partial charge in [-0.1, -0.05) is 30.3 Å². The summed E-state index contributed by atoms with van der Waals surface area (Å²) in [7, 11) is 1.50. The molecular weight excluding hydrogens is 360 g/mol. The van der Waals surface area contributed by atoms with E-state index in [9.17, 15) is 14.4 Å². The Morgan fingerprint density at radius 2 is 1.82 bits per heavy atom. The molecule has 2 aliphatic rings. The van der Waals surface area contributed by atoms with Crippen molar-refractivity contribution >= 4 is 17.7 Å². The number of nitrogens with one attached hydrogen (secondary N) is 1. The zero-order valence-electron chi connectivity index (χ0n) is 15.4. The Bertz CT molecular complexity index is 941. The predicted octanol–water partition coefficient (Wildman–Crippen LogP) is 2.04. The molecule has 0 saturated carbocycles. The number of hydrogen-bond donors (Lipinski definition) is 1. The minimum atomic E-state index is -0.677. The van der Waals surface area contributed by atoms with Crippen LogP contribution in [-0.4, -0.2) is 35.8 Å². The maximum atomic E-state index is 13.1. The number of carbonyl (C=O) groups is 3. The van der Waals surface area contributed by atoms with Gasteiger partial charge in [0, 0.05) is 12.0 Å². The number of nitrogens with zero attached hydrogens (tertiary/aromatic N) is 1. The van der Waals surface area contributed by atoms with Gasteiger partial charge in [0.25, 0.3) is 5.91 Å². The van der Waals surface area contributed by atoms with E-state index in [1.165, 1.54) is 12.0 Å². The molecule has 0 radical (unpaired) electrons. The molecule has 28 heavy (non-hydrogen) atoms. The molecule has 2 aromatic carbocycles. The monoisotopic (exact) mass is 380 g/mol. The number of ether oxygens (including phenoxy) is 2. The summed E-state index contributed by atoms with van der Waals surface area (Å²) in [5.74, 6) is -0.00540. The molecule has 7 heteroatoms. The number of rotatable bonds is 5. The third-order valence-corrected chi connectivity index (χ3v) is 5.08. The Kier molecular flexibility index (Phi) is 4.73. The molecule has 144 valence electrons. The van der Waals surface area contributed by atoms with E-state index in [0.29, 0.717) is 35.7 Å². The quantitative estimate of drug-likeness (QED) is 0.803. The van der Waals surface area contributed by atoms with Crippen LogP contribution in [0.2, 0.25) is 0 Å². The first-order valence-corrected chi connectivity index (χ1v) is 9.09. The lowest BCUT2D eigenvalue weighted by molar-refractivity contribution is -0.136. The molecule has 7 nitrogen and oxygen atoms in total. The molecule has 0 aliphatic carbocycles. The average molecular weight is 380 g/mol. The number of methoxy groups -OCH3 is 1. The summed E-state index contributed by atoms with van der Waals surface area (Å²) in [4.78, 5) is 38.2. The molecule has 4 rings (SSSR count). The van der Waals surface area contributed by atoms with Gasteiger partial charge < -0.3 is 14.4 Å². The lowest BCUT2D eigenvalue weighted by Gasteiger charge is -2.29. The van der Waals surface area contributed by atoms with Crippen LogP contribution in [0.3, 0.4) is 0 Å². The van der Waals surface area contributed by atoms with Crippen molar-refractivity contribution in [2.24, 2.45) is 0 Å². The van der Waals surface area contributed by atoms with Gasteiger partial charge >= 0.3 is 0 Å². The molecule has 1 atom stereocenters. The zero-order chi connectivity index (χ0) is 19.7. The third-order valence-electron chi connectivity index (χ3n) is 5.08. The number of benzene rings is 2. The highest BCUT2D eigenvalue weighted by Crippen LogP contribution is 2.39. The minimum absolute atomic E-state index is 0.213. The second-order valence-corrected chi connectivity index (χ2v) is 6.79. The number of fused-ring (bicyclic) bond motifs is 1. The molecule has 0 spiro atoms. The predicted molar refractivity (Wildman–Crippen MR) is 99.8 cm³/mol. The lowest BCUT2D eigenvalue weighted by Crippen LogP contribution is -2.52. The summed E-state index contributed by atoms with van der Waals surface area (Å²) in [5.41, 5.74) is 2.13. The van der Waals surface area contributed by atoms with Crippen LogP contribution in [-0.2, 0) is 22.7 Å². The molecule has 0 bridgehead atoms. The fraction of sp³-hybridized carbons (Fsp3) is 0.286. The van der Waals surface area contributed by atoms with E-state index < -0.39 is 11.9 Å². The van der Waals surface area contributed by atoms with Crippen LogP contribution >= 0.6 is 0 Å². The van der Waals surface area contributed by atoms with Gasteiger partial charge in [0.05, 0.1) is 19.2 Å². The van der Waals surface area contributed by atoms with Gasteiger partial charge in [-0.05, 0) is 24.1 Å². The highest BCUT2D eigenvalue weighted by molar-refractivity contribution is 6.06. The van der Waals surface area contributed by atoms with E-state index in [-0.39, 0.29) is 24.8 Å². The van der Waals surface area contributed by atoms with Crippen molar-refractivity contribution < 1.29 is 23.9 Å². The third kappa shape index (κ3) is 3.19. The van der Waals surface area contributed by atoms with Gasteiger partial charge in [-0.2, -0.15) is 0 Å². The number of piperidine rings is 1. The molecule has 2 aromatic rings. The second kappa shape index (κ2) is 7.34. The Morgan fingerprint density at radius 3 is 2.54 bits per heavy atom. The van der Waals surface area contributed by atoms with Gasteiger partial charge in [-0.25, -0.2) is 0 Å². The van der Waals surface area contributed by atoms with E-state index in [0.717, 1.165) is 5.56 Å². The summed E-state index contributed by atoms with van der Waals surface area (Å²) in [6.07, 6.45) is 0.526. The van der Waals surface area contributed by atoms with E-state index in [1.807, 2.05) is 30.3 Å². The highest BCUT2D eigenvalue weighted by Gasteiger charge is 2.41. The topological polar surface area (TPSA) is 84.9 Å².